The van der Waals surface area contributed by atoms with Crippen LogP contribution in [0.4, 0.5) is 0 Å². The first-order chi connectivity index (χ1) is 24.1. The summed E-state index contributed by atoms with van der Waals surface area (Å²) >= 11 is 0. The van der Waals surface area contributed by atoms with Crippen LogP contribution in [0.5, 0.6) is 0 Å². The van der Waals surface area contributed by atoms with Crippen molar-refractivity contribution in [2.75, 3.05) is 0 Å². The van der Waals surface area contributed by atoms with Crippen LogP contribution >= 0.6 is 0 Å². The lowest BCUT2D eigenvalue weighted by Crippen LogP contribution is -2.43. The summed E-state index contributed by atoms with van der Waals surface area (Å²) in [7, 11) is 0. The highest BCUT2D eigenvalue weighted by molar-refractivity contribution is 5.80. The molecule has 0 saturated carbocycles. The van der Waals surface area contributed by atoms with E-state index in [0.717, 1.165) is 39.2 Å². The topological polar surface area (TPSA) is 116 Å². The van der Waals surface area contributed by atoms with Gasteiger partial charge in [-0.25, -0.2) is 9.78 Å². The van der Waals surface area contributed by atoms with Crippen LogP contribution in [0.3, 0.4) is 0 Å². The Morgan fingerprint density at radius 1 is 0.720 bits per heavy atom. The normalized spacial score (nSPS) is 13.1. The van der Waals surface area contributed by atoms with Crippen molar-refractivity contribution >= 4 is 11.2 Å². The zero-order chi connectivity index (χ0) is 35.0. The van der Waals surface area contributed by atoms with Crippen molar-refractivity contribution in [3.8, 4) is 22.5 Å². The lowest BCUT2D eigenvalue weighted by molar-refractivity contribution is 0.394. The van der Waals surface area contributed by atoms with E-state index in [-0.39, 0.29) is 22.7 Å². The van der Waals surface area contributed by atoms with Crippen LogP contribution in [0.2, 0.25) is 0 Å². The van der Waals surface area contributed by atoms with Crippen LogP contribution in [-0.4, -0.2) is 39.3 Å². The molecule has 0 bridgehead atoms. The molecule has 3 heterocycles. The molecular formula is C40H40N8O2. The first-order valence-electron chi connectivity index (χ1n) is 16.9. The van der Waals surface area contributed by atoms with Gasteiger partial charge in [-0.1, -0.05) is 130 Å². The molecule has 0 amide bonds. The molecule has 7 aromatic rings. The van der Waals surface area contributed by atoms with Crippen LogP contribution in [0.15, 0.2) is 119 Å². The Labute approximate surface area is 290 Å². The lowest BCUT2D eigenvalue weighted by Gasteiger charge is -2.22. The van der Waals surface area contributed by atoms with Gasteiger partial charge in [0.25, 0.3) is 5.56 Å². The number of nitrogens with zero attached hydrogens (tertiary/aromatic N) is 7. The minimum atomic E-state index is -0.497. The number of tetrazole rings is 1. The summed E-state index contributed by atoms with van der Waals surface area (Å²) in [6, 6.07) is 34.9. The Morgan fingerprint density at radius 3 is 1.88 bits per heavy atom. The molecule has 0 spiro atoms. The summed E-state index contributed by atoms with van der Waals surface area (Å²) in [5.74, 6) is 1.29. The van der Waals surface area contributed by atoms with Crippen molar-refractivity contribution < 1.29 is 0 Å². The predicted molar refractivity (Wildman–Crippen MR) is 196 cm³/mol. The van der Waals surface area contributed by atoms with Gasteiger partial charge in [-0.05, 0) is 52.3 Å². The van der Waals surface area contributed by atoms with Gasteiger partial charge in [0.05, 0.1) is 12.1 Å². The molecule has 0 aliphatic rings. The minimum Gasteiger partial charge on any atom is -0.318 e. The molecule has 10 heteroatoms. The maximum Gasteiger partial charge on any atom is 0.333 e. The maximum atomic E-state index is 14.7. The quantitative estimate of drug-likeness (QED) is 0.177. The average molecular weight is 665 g/mol. The third-order valence-electron chi connectivity index (χ3n) is 9.24. The average Bonchev–Trinajstić information content (AvgIpc) is 3.77. The summed E-state index contributed by atoms with van der Waals surface area (Å²) in [6.07, 6.45) is 0.611. The molecule has 0 aliphatic heterocycles. The van der Waals surface area contributed by atoms with E-state index in [4.69, 9.17) is 4.98 Å². The summed E-state index contributed by atoms with van der Waals surface area (Å²) in [5, 5.41) is 14.6. The van der Waals surface area contributed by atoms with Crippen molar-refractivity contribution in [1.29, 1.82) is 0 Å². The minimum absolute atomic E-state index is 0.131. The first kappa shape index (κ1) is 32.6. The highest BCUT2D eigenvalue weighted by Gasteiger charge is 2.28. The van der Waals surface area contributed by atoms with Gasteiger partial charge in [-0.2, -0.15) is 5.21 Å². The third kappa shape index (κ3) is 6.20. The number of imidazole rings is 1. The number of aromatic nitrogens is 8. The fraction of sp³-hybridized carbons (Fsp3) is 0.250. The number of H-pyrrole nitrogens is 1. The number of hydrogen-bond donors (Lipinski definition) is 1. The largest absolute Gasteiger partial charge is 0.333 e. The van der Waals surface area contributed by atoms with Crippen molar-refractivity contribution in [3.63, 3.8) is 0 Å². The Bertz CT molecular complexity index is 2370. The summed E-state index contributed by atoms with van der Waals surface area (Å²) in [5.41, 5.74) is 5.65. The first-order valence-corrected chi connectivity index (χ1v) is 16.9. The molecule has 252 valence electrons. The smallest absolute Gasteiger partial charge is 0.318 e. The molecule has 7 rings (SSSR count). The van der Waals surface area contributed by atoms with Gasteiger partial charge in [0, 0.05) is 18.5 Å². The van der Waals surface area contributed by atoms with E-state index in [0.29, 0.717) is 30.0 Å². The number of hydrogen-bond acceptors (Lipinski definition) is 6. The number of rotatable bonds is 9. The van der Waals surface area contributed by atoms with E-state index in [1.165, 1.54) is 4.57 Å². The molecule has 0 fully saturated rings. The van der Waals surface area contributed by atoms with Crippen LogP contribution in [0.1, 0.15) is 69.2 Å². The summed E-state index contributed by atoms with van der Waals surface area (Å²) in [6.45, 7) is 10.8. The Morgan fingerprint density at radius 2 is 1.30 bits per heavy atom. The van der Waals surface area contributed by atoms with Gasteiger partial charge in [0.2, 0.25) is 5.82 Å². The molecule has 1 N–H and O–H groups in total. The van der Waals surface area contributed by atoms with E-state index < -0.39 is 6.04 Å². The van der Waals surface area contributed by atoms with Gasteiger partial charge in [0.1, 0.15) is 5.82 Å². The van der Waals surface area contributed by atoms with Crippen molar-refractivity contribution in [3.05, 3.63) is 153 Å². The Hall–Kier alpha value is -5.90. The summed E-state index contributed by atoms with van der Waals surface area (Å²) in [4.78, 5) is 34.4. The van der Waals surface area contributed by atoms with E-state index in [2.05, 4.69) is 65.7 Å². The van der Waals surface area contributed by atoms with Gasteiger partial charge < -0.3 is 4.57 Å². The van der Waals surface area contributed by atoms with Gasteiger partial charge >= 0.3 is 5.69 Å². The van der Waals surface area contributed by atoms with E-state index in [1.807, 2.05) is 103 Å². The second-order valence-electron chi connectivity index (χ2n) is 14.0. The molecule has 0 radical (unpaired) electrons. The number of aromatic amines is 1. The van der Waals surface area contributed by atoms with Crippen LogP contribution in [0.25, 0.3) is 33.7 Å². The Balaban J connectivity index is 1.41. The van der Waals surface area contributed by atoms with Crippen LogP contribution < -0.4 is 11.2 Å². The number of nitrogens with one attached hydrogen (secondary N) is 1. The summed E-state index contributed by atoms with van der Waals surface area (Å²) < 4.78 is 5.12. The molecule has 2 atom stereocenters. The van der Waals surface area contributed by atoms with Gasteiger partial charge in [-0.15, -0.1) is 10.2 Å². The number of benzene rings is 4. The highest BCUT2D eigenvalue weighted by Crippen LogP contribution is 2.31. The SMILES string of the molecule is CC(c1ccccc1)n1c(=O)c2c(nc(CC(C)(C)C)n2Cc2ccc(-c3ccccc3-c3nn[nH]n3)cc2)n(C(C)c2ccccc2)c1=O. The predicted octanol–water partition coefficient (Wildman–Crippen LogP) is 7.06. The molecular weight excluding hydrogens is 624 g/mol. The molecule has 3 aromatic heterocycles. The molecule has 2 unspecified atom stereocenters. The molecule has 4 aromatic carbocycles. The van der Waals surface area contributed by atoms with Crippen molar-refractivity contribution in [2.24, 2.45) is 5.41 Å². The zero-order valence-electron chi connectivity index (χ0n) is 28.9. The van der Waals surface area contributed by atoms with E-state index >= 15 is 0 Å². The van der Waals surface area contributed by atoms with E-state index in [1.54, 1.807) is 4.57 Å². The fourth-order valence-electron chi connectivity index (χ4n) is 6.68. The van der Waals surface area contributed by atoms with Gasteiger partial charge in [0.15, 0.2) is 11.2 Å². The van der Waals surface area contributed by atoms with Gasteiger partial charge in [-0.3, -0.25) is 13.9 Å². The van der Waals surface area contributed by atoms with Crippen LogP contribution in [-0.2, 0) is 13.0 Å². The fourth-order valence-corrected chi connectivity index (χ4v) is 6.68. The molecule has 0 saturated heterocycles. The lowest BCUT2D eigenvalue weighted by atomic mass is 9.92. The highest BCUT2D eigenvalue weighted by atomic mass is 16.2. The monoisotopic (exact) mass is 664 g/mol. The Kier molecular flexibility index (Phi) is 8.61. The van der Waals surface area contributed by atoms with E-state index in [9.17, 15) is 9.59 Å². The molecule has 10 nitrogen and oxygen atoms in total. The zero-order valence-corrected chi connectivity index (χ0v) is 28.9. The second kappa shape index (κ2) is 13.2. The second-order valence-corrected chi connectivity index (χ2v) is 14.0. The van der Waals surface area contributed by atoms with Crippen LogP contribution in [0, 0.1) is 5.41 Å². The third-order valence-corrected chi connectivity index (χ3v) is 9.24. The molecule has 50 heavy (non-hydrogen) atoms. The maximum absolute atomic E-state index is 14.7. The standard InChI is InChI=1S/C40H40N8O2/c1-26(29-14-8-6-9-15-29)47-37-35(38(49)48(39(47)50)27(2)30-16-10-7-11-17-30)46(34(41-37)24-40(3,4)5)25-28-20-22-31(23-21-28)32-18-12-13-19-33(32)36-42-44-45-43-36/h6-23,26-27H,24-25H2,1-5H3,(H,42,43,44,45). The van der Waals surface area contributed by atoms with Crippen molar-refractivity contribution in [2.45, 2.75) is 59.7 Å². The van der Waals surface area contributed by atoms with Crippen molar-refractivity contribution in [1.82, 2.24) is 39.3 Å². The molecule has 0 aliphatic carbocycles. The number of fused-ring (bicyclic) bond motifs is 1.